The molecule has 22 heavy (non-hydrogen) atoms. The van der Waals surface area contributed by atoms with Crippen molar-refractivity contribution in [2.24, 2.45) is 0 Å². The van der Waals surface area contributed by atoms with Crippen LogP contribution in [0.4, 0.5) is 0 Å². The normalized spacial score (nSPS) is 12.2. The molecule has 0 bridgehead atoms. The Labute approximate surface area is 132 Å². The Morgan fingerprint density at radius 1 is 1.05 bits per heavy atom. The molecular weight excluding hydrogens is 298 g/mol. The van der Waals surface area contributed by atoms with E-state index in [0.717, 1.165) is 11.1 Å². The van der Waals surface area contributed by atoms with Gasteiger partial charge in [0.2, 0.25) is 10.0 Å². The van der Waals surface area contributed by atoms with E-state index in [9.17, 15) is 8.42 Å². The molecule has 0 atom stereocenters. The summed E-state index contributed by atoms with van der Waals surface area (Å²) in [6, 6.07) is 14.6. The van der Waals surface area contributed by atoms with Crippen molar-refractivity contribution >= 4 is 10.0 Å². The summed E-state index contributed by atoms with van der Waals surface area (Å²) in [5.41, 5.74) is 1.03. The van der Waals surface area contributed by atoms with Crippen LogP contribution < -0.4 is 9.46 Å². The van der Waals surface area contributed by atoms with E-state index < -0.39 is 15.6 Å². The molecule has 0 radical (unpaired) electrons. The van der Waals surface area contributed by atoms with Gasteiger partial charge in [-0.15, -0.1) is 0 Å². The summed E-state index contributed by atoms with van der Waals surface area (Å²) in [7, 11) is -2.24. The van der Waals surface area contributed by atoms with Crippen LogP contribution in [0.5, 0.6) is 5.75 Å². The largest absolute Gasteiger partial charge is 0.495 e. The summed E-state index contributed by atoms with van der Waals surface area (Å²) in [6.07, 6.45) is 0. The molecular formula is C17H21NO3S. The lowest BCUT2D eigenvalue weighted by molar-refractivity contribution is 0.400. The summed E-state index contributed by atoms with van der Waals surface area (Å²) >= 11 is 0. The van der Waals surface area contributed by atoms with Crippen LogP contribution >= 0.6 is 0 Å². The smallest absolute Gasteiger partial charge is 0.245 e. The molecule has 0 aliphatic rings. The fourth-order valence-corrected chi connectivity index (χ4v) is 3.96. The number of sulfonamides is 1. The number of methoxy groups -OCH3 is 1. The van der Waals surface area contributed by atoms with E-state index in [-0.39, 0.29) is 4.90 Å². The number of rotatable bonds is 5. The van der Waals surface area contributed by atoms with Crippen molar-refractivity contribution in [2.75, 3.05) is 7.11 Å². The molecule has 0 unspecified atom stereocenters. The molecule has 0 amide bonds. The third kappa shape index (κ3) is 3.48. The minimum absolute atomic E-state index is 0.152. The molecule has 0 heterocycles. The molecule has 0 aliphatic heterocycles. The summed E-state index contributed by atoms with van der Waals surface area (Å²) < 4.78 is 33.5. The van der Waals surface area contributed by atoms with Crippen molar-refractivity contribution in [3.63, 3.8) is 0 Å². The van der Waals surface area contributed by atoms with Gasteiger partial charge in [0.05, 0.1) is 12.6 Å². The number of aryl methyl sites for hydroxylation is 1. The highest BCUT2D eigenvalue weighted by atomic mass is 32.2. The first-order valence-corrected chi connectivity index (χ1v) is 8.49. The highest BCUT2D eigenvalue weighted by Crippen LogP contribution is 2.28. The molecule has 1 N–H and O–H groups in total. The van der Waals surface area contributed by atoms with Crippen molar-refractivity contribution in [3.05, 3.63) is 59.7 Å². The lowest BCUT2D eigenvalue weighted by Gasteiger charge is -2.27. The second-order valence-corrected chi connectivity index (χ2v) is 7.40. The average molecular weight is 319 g/mol. The van der Waals surface area contributed by atoms with E-state index in [4.69, 9.17) is 4.74 Å². The van der Waals surface area contributed by atoms with E-state index in [2.05, 4.69) is 4.72 Å². The Bertz CT molecular complexity index is 753. The molecule has 0 saturated carbocycles. The Balaban J connectivity index is 2.42. The summed E-state index contributed by atoms with van der Waals surface area (Å²) in [4.78, 5) is 0.152. The van der Waals surface area contributed by atoms with Gasteiger partial charge in [0.15, 0.2) is 0 Å². The lowest BCUT2D eigenvalue weighted by atomic mass is 9.96. The molecule has 0 spiro atoms. The van der Waals surface area contributed by atoms with Gasteiger partial charge in [-0.2, -0.15) is 0 Å². The summed E-state index contributed by atoms with van der Waals surface area (Å²) in [5.74, 6) is 0.335. The van der Waals surface area contributed by atoms with Crippen molar-refractivity contribution < 1.29 is 13.2 Å². The van der Waals surface area contributed by atoms with Gasteiger partial charge >= 0.3 is 0 Å². The van der Waals surface area contributed by atoms with Crippen LogP contribution in [0, 0.1) is 6.92 Å². The second-order valence-electron chi connectivity index (χ2n) is 5.75. The van der Waals surface area contributed by atoms with Crippen LogP contribution in [0.1, 0.15) is 25.0 Å². The minimum Gasteiger partial charge on any atom is -0.495 e. The van der Waals surface area contributed by atoms with Crippen LogP contribution in [0.25, 0.3) is 0 Å². The van der Waals surface area contributed by atoms with Gasteiger partial charge in [0.25, 0.3) is 0 Å². The summed E-state index contributed by atoms with van der Waals surface area (Å²) in [5, 5.41) is 0. The minimum atomic E-state index is -3.71. The molecule has 0 aliphatic carbocycles. The molecule has 2 rings (SSSR count). The Morgan fingerprint density at radius 3 is 2.27 bits per heavy atom. The van der Waals surface area contributed by atoms with E-state index in [0.29, 0.717) is 5.75 Å². The van der Waals surface area contributed by atoms with Crippen molar-refractivity contribution in [1.29, 1.82) is 0 Å². The zero-order valence-electron chi connectivity index (χ0n) is 13.3. The first kappa shape index (κ1) is 16.5. The van der Waals surface area contributed by atoms with Crippen molar-refractivity contribution in [2.45, 2.75) is 31.2 Å². The monoisotopic (exact) mass is 319 g/mol. The Kier molecular flexibility index (Phi) is 4.58. The lowest BCUT2D eigenvalue weighted by Crippen LogP contribution is -2.41. The van der Waals surface area contributed by atoms with E-state index >= 15 is 0 Å². The van der Waals surface area contributed by atoms with Crippen molar-refractivity contribution in [3.8, 4) is 5.75 Å². The zero-order valence-corrected chi connectivity index (χ0v) is 14.1. The average Bonchev–Trinajstić information content (AvgIpc) is 2.47. The fourth-order valence-electron chi connectivity index (χ4n) is 2.30. The van der Waals surface area contributed by atoms with E-state index in [1.165, 1.54) is 7.11 Å². The van der Waals surface area contributed by atoms with Gasteiger partial charge < -0.3 is 4.74 Å². The highest BCUT2D eigenvalue weighted by molar-refractivity contribution is 7.89. The number of hydrogen-bond donors (Lipinski definition) is 1. The number of ether oxygens (including phenoxy) is 1. The SMILES string of the molecule is COc1ccc(C)cc1S(=O)(=O)NC(C)(C)c1ccccc1. The van der Waals surface area contributed by atoms with Crippen LogP contribution in [0.2, 0.25) is 0 Å². The molecule has 2 aromatic carbocycles. The topological polar surface area (TPSA) is 55.4 Å². The quantitative estimate of drug-likeness (QED) is 0.920. The Hall–Kier alpha value is -1.85. The predicted molar refractivity (Wildman–Crippen MR) is 87.5 cm³/mol. The van der Waals surface area contributed by atoms with Crippen LogP contribution in [-0.4, -0.2) is 15.5 Å². The van der Waals surface area contributed by atoms with Gasteiger partial charge in [-0.1, -0.05) is 36.4 Å². The molecule has 2 aromatic rings. The van der Waals surface area contributed by atoms with E-state index in [1.54, 1.807) is 12.1 Å². The fraction of sp³-hybridized carbons (Fsp3) is 0.294. The first-order chi connectivity index (χ1) is 10.3. The maximum absolute atomic E-state index is 12.8. The van der Waals surface area contributed by atoms with E-state index in [1.807, 2.05) is 57.2 Å². The van der Waals surface area contributed by atoms with Gasteiger partial charge in [-0.3, -0.25) is 0 Å². The molecule has 4 nitrogen and oxygen atoms in total. The van der Waals surface area contributed by atoms with Crippen LogP contribution in [-0.2, 0) is 15.6 Å². The predicted octanol–water partition coefficient (Wildman–Crippen LogP) is 3.22. The molecule has 5 heteroatoms. The molecule has 0 aromatic heterocycles. The van der Waals surface area contributed by atoms with Crippen LogP contribution in [0.15, 0.2) is 53.4 Å². The zero-order chi connectivity index (χ0) is 16.4. The first-order valence-electron chi connectivity index (χ1n) is 7.00. The van der Waals surface area contributed by atoms with Gasteiger partial charge in [-0.25, -0.2) is 13.1 Å². The second kappa shape index (κ2) is 6.10. The number of benzene rings is 2. The third-order valence-corrected chi connectivity index (χ3v) is 5.17. The molecule has 0 saturated heterocycles. The van der Waals surface area contributed by atoms with Gasteiger partial charge in [-0.05, 0) is 44.0 Å². The molecule has 0 fully saturated rings. The van der Waals surface area contributed by atoms with Gasteiger partial charge in [0.1, 0.15) is 10.6 Å². The van der Waals surface area contributed by atoms with Gasteiger partial charge in [0, 0.05) is 0 Å². The van der Waals surface area contributed by atoms with Crippen molar-refractivity contribution in [1.82, 2.24) is 4.72 Å². The Morgan fingerprint density at radius 2 is 1.68 bits per heavy atom. The summed E-state index contributed by atoms with van der Waals surface area (Å²) in [6.45, 7) is 5.52. The highest BCUT2D eigenvalue weighted by Gasteiger charge is 2.29. The number of nitrogens with one attached hydrogen (secondary N) is 1. The number of hydrogen-bond acceptors (Lipinski definition) is 3. The standard InChI is InChI=1S/C17H21NO3S/c1-13-10-11-15(21-4)16(12-13)22(19,20)18-17(2,3)14-8-6-5-7-9-14/h5-12,18H,1-4H3. The maximum atomic E-state index is 12.8. The third-order valence-electron chi connectivity index (χ3n) is 3.49. The van der Waals surface area contributed by atoms with Crippen LogP contribution in [0.3, 0.4) is 0 Å². The molecule has 118 valence electrons. The maximum Gasteiger partial charge on any atom is 0.245 e.